The van der Waals surface area contributed by atoms with Gasteiger partial charge < -0.3 is 10.6 Å². The second-order valence-electron chi connectivity index (χ2n) is 6.12. The van der Waals surface area contributed by atoms with Crippen LogP contribution in [0.4, 0.5) is 14.9 Å². The van der Waals surface area contributed by atoms with Gasteiger partial charge in [0.25, 0.3) is 0 Å². The summed E-state index contributed by atoms with van der Waals surface area (Å²) in [6, 6.07) is 6.14. The number of anilines is 1. The summed E-state index contributed by atoms with van der Waals surface area (Å²) in [5.41, 5.74) is 0.506. The van der Waals surface area contributed by atoms with Crippen LogP contribution in [-0.2, 0) is 0 Å². The number of halogens is 1. The Hall–Kier alpha value is -1.58. The number of carbonyl (C=O) groups excluding carboxylic acids is 1. The summed E-state index contributed by atoms with van der Waals surface area (Å²) < 4.78 is 13.0. The Kier molecular flexibility index (Phi) is 2.34. The lowest BCUT2D eigenvalue weighted by molar-refractivity contribution is 0.249. The molecular formula is C15H17FN2O. The van der Waals surface area contributed by atoms with Crippen molar-refractivity contribution in [2.45, 2.75) is 25.3 Å². The summed E-state index contributed by atoms with van der Waals surface area (Å²) in [7, 11) is 0. The van der Waals surface area contributed by atoms with E-state index >= 15 is 0 Å². The first kappa shape index (κ1) is 11.3. The molecule has 19 heavy (non-hydrogen) atoms. The highest BCUT2D eigenvalue weighted by Crippen LogP contribution is 2.65. The van der Waals surface area contributed by atoms with Gasteiger partial charge in [-0.15, -0.1) is 0 Å². The fourth-order valence-corrected chi connectivity index (χ4v) is 4.40. The summed E-state index contributed by atoms with van der Waals surface area (Å²) in [6.45, 7) is 0. The maximum absolute atomic E-state index is 13.0. The molecule has 0 saturated heterocycles. The zero-order valence-corrected chi connectivity index (χ0v) is 10.6. The maximum Gasteiger partial charge on any atom is 0.319 e. The van der Waals surface area contributed by atoms with Gasteiger partial charge in [0.1, 0.15) is 5.82 Å². The summed E-state index contributed by atoms with van der Waals surface area (Å²) in [5.74, 6) is 2.79. The Morgan fingerprint density at radius 2 is 1.95 bits per heavy atom. The Morgan fingerprint density at radius 3 is 2.63 bits per heavy atom. The van der Waals surface area contributed by atoms with Gasteiger partial charge in [-0.2, -0.15) is 0 Å². The second-order valence-corrected chi connectivity index (χ2v) is 6.12. The minimum absolute atomic E-state index is 0.204. The number of hydrogen-bond donors (Lipinski definition) is 2. The Balaban J connectivity index is 1.36. The minimum Gasteiger partial charge on any atom is -0.335 e. The highest BCUT2D eigenvalue weighted by Gasteiger charge is 2.65. The van der Waals surface area contributed by atoms with Crippen LogP contribution in [-0.4, -0.2) is 12.1 Å². The van der Waals surface area contributed by atoms with Gasteiger partial charge in [-0.25, -0.2) is 9.18 Å². The summed E-state index contributed by atoms with van der Waals surface area (Å²) in [4.78, 5) is 11.9. The van der Waals surface area contributed by atoms with Crippen LogP contribution in [0, 0.1) is 29.5 Å². The van der Waals surface area contributed by atoms with E-state index in [1.165, 1.54) is 31.4 Å². The van der Waals surface area contributed by atoms with E-state index in [4.69, 9.17) is 0 Å². The lowest BCUT2D eigenvalue weighted by atomic mass is 10.0. The van der Waals surface area contributed by atoms with Gasteiger partial charge in [-0.05, 0) is 61.1 Å². The fourth-order valence-electron chi connectivity index (χ4n) is 4.40. The van der Waals surface area contributed by atoms with Crippen molar-refractivity contribution < 1.29 is 9.18 Å². The van der Waals surface area contributed by atoms with Crippen molar-refractivity contribution >= 4 is 11.7 Å². The first-order valence-electron chi connectivity index (χ1n) is 7.05. The molecule has 3 nitrogen and oxygen atoms in total. The average molecular weight is 260 g/mol. The van der Waals surface area contributed by atoms with Gasteiger partial charge in [-0.1, -0.05) is 6.07 Å². The van der Waals surface area contributed by atoms with Crippen LogP contribution in [0.2, 0.25) is 0 Å². The number of amides is 2. The molecule has 0 heterocycles. The standard InChI is InChI=1S/C15H17FN2O/c16-10-2-1-3-11(7-10)17-15(19)18-14-12-8-4-5-9(6-8)13(12)14/h1-3,7-9,12-14H,4-6H2,(H2,17,18,19)/t8-,9-,12+,13+/m0/s1. The number of carbonyl (C=O) groups is 1. The number of hydrogen-bond acceptors (Lipinski definition) is 1. The molecule has 3 fully saturated rings. The van der Waals surface area contributed by atoms with Crippen molar-refractivity contribution in [3.05, 3.63) is 30.1 Å². The smallest absolute Gasteiger partial charge is 0.319 e. The molecule has 4 atom stereocenters. The van der Waals surface area contributed by atoms with E-state index in [-0.39, 0.29) is 11.8 Å². The molecule has 3 aliphatic carbocycles. The topological polar surface area (TPSA) is 41.1 Å². The van der Waals surface area contributed by atoms with Crippen molar-refractivity contribution in [1.29, 1.82) is 0 Å². The quantitative estimate of drug-likeness (QED) is 0.843. The summed E-state index contributed by atoms with van der Waals surface area (Å²) in [5, 5.41) is 5.76. The molecule has 100 valence electrons. The van der Waals surface area contributed by atoms with Gasteiger partial charge >= 0.3 is 6.03 Å². The minimum atomic E-state index is -0.334. The van der Waals surface area contributed by atoms with E-state index in [1.807, 2.05) is 0 Å². The van der Waals surface area contributed by atoms with Crippen LogP contribution in [0.1, 0.15) is 19.3 Å². The molecule has 2 N–H and O–H groups in total. The van der Waals surface area contributed by atoms with Crippen molar-refractivity contribution in [3.63, 3.8) is 0 Å². The molecule has 3 saturated carbocycles. The third-order valence-electron chi connectivity index (χ3n) is 5.12. The summed E-state index contributed by atoms with van der Waals surface area (Å²) >= 11 is 0. The number of rotatable bonds is 2. The largest absolute Gasteiger partial charge is 0.335 e. The SMILES string of the molecule is O=C(Nc1cccc(F)c1)NC1[C@@H]2[C@H]3CC[C@@H](C3)[C@@H]12. The lowest BCUT2D eigenvalue weighted by Crippen LogP contribution is -2.33. The molecule has 2 bridgehead atoms. The number of nitrogens with one attached hydrogen (secondary N) is 2. The van der Waals surface area contributed by atoms with Crippen molar-refractivity contribution in [3.8, 4) is 0 Å². The van der Waals surface area contributed by atoms with Crippen LogP contribution in [0.25, 0.3) is 0 Å². The Labute approximate surface area is 111 Å². The van der Waals surface area contributed by atoms with E-state index in [9.17, 15) is 9.18 Å². The molecule has 4 heteroatoms. The first-order chi connectivity index (χ1) is 9.22. The van der Waals surface area contributed by atoms with E-state index in [1.54, 1.807) is 12.1 Å². The molecule has 0 aromatic heterocycles. The number of urea groups is 1. The highest BCUT2D eigenvalue weighted by atomic mass is 19.1. The highest BCUT2D eigenvalue weighted by molar-refractivity contribution is 5.89. The van der Waals surface area contributed by atoms with Crippen LogP contribution in [0.5, 0.6) is 0 Å². The molecule has 0 aliphatic heterocycles. The average Bonchev–Trinajstić information content (AvgIpc) is 2.78. The monoisotopic (exact) mass is 260 g/mol. The molecule has 0 spiro atoms. The van der Waals surface area contributed by atoms with Gasteiger partial charge in [0.2, 0.25) is 0 Å². The predicted molar refractivity (Wildman–Crippen MR) is 70.2 cm³/mol. The third-order valence-corrected chi connectivity index (χ3v) is 5.12. The molecule has 1 aromatic carbocycles. The van der Waals surface area contributed by atoms with Crippen LogP contribution in [0.15, 0.2) is 24.3 Å². The van der Waals surface area contributed by atoms with E-state index in [0.29, 0.717) is 11.7 Å². The third kappa shape index (κ3) is 1.81. The number of benzene rings is 1. The normalized spacial score (nSPS) is 37.8. The van der Waals surface area contributed by atoms with Crippen molar-refractivity contribution in [2.75, 3.05) is 5.32 Å². The number of fused-ring (bicyclic) bond motifs is 5. The van der Waals surface area contributed by atoms with Gasteiger partial charge in [0.15, 0.2) is 0 Å². The van der Waals surface area contributed by atoms with E-state index in [2.05, 4.69) is 10.6 Å². The van der Waals surface area contributed by atoms with Crippen LogP contribution in [0.3, 0.4) is 0 Å². The van der Waals surface area contributed by atoms with Crippen LogP contribution >= 0.6 is 0 Å². The fraction of sp³-hybridized carbons (Fsp3) is 0.533. The molecule has 1 aromatic rings. The van der Waals surface area contributed by atoms with E-state index in [0.717, 1.165) is 23.7 Å². The van der Waals surface area contributed by atoms with Crippen LogP contribution < -0.4 is 10.6 Å². The second kappa shape index (κ2) is 3.95. The molecule has 2 amide bonds. The zero-order chi connectivity index (χ0) is 13.0. The molecule has 0 unspecified atom stereocenters. The lowest BCUT2D eigenvalue weighted by Gasteiger charge is -2.11. The summed E-state index contributed by atoms with van der Waals surface area (Å²) in [6.07, 6.45) is 4.06. The van der Waals surface area contributed by atoms with Crippen molar-refractivity contribution in [1.82, 2.24) is 5.32 Å². The van der Waals surface area contributed by atoms with Gasteiger partial charge in [-0.3, -0.25) is 0 Å². The molecule has 3 aliphatic rings. The maximum atomic E-state index is 13.0. The van der Waals surface area contributed by atoms with Gasteiger partial charge in [0.05, 0.1) is 0 Å². The molecular weight excluding hydrogens is 243 g/mol. The predicted octanol–water partition coefficient (Wildman–Crippen LogP) is 2.99. The Bertz CT molecular complexity index is 517. The van der Waals surface area contributed by atoms with Crippen molar-refractivity contribution in [2.24, 2.45) is 23.7 Å². The zero-order valence-electron chi connectivity index (χ0n) is 10.6. The molecule has 0 radical (unpaired) electrons. The first-order valence-corrected chi connectivity index (χ1v) is 7.05. The van der Waals surface area contributed by atoms with E-state index < -0.39 is 0 Å². The molecule has 4 rings (SSSR count). The van der Waals surface area contributed by atoms with Gasteiger partial charge in [0, 0.05) is 11.7 Å². The Morgan fingerprint density at radius 1 is 1.21 bits per heavy atom.